The summed E-state index contributed by atoms with van der Waals surface area (Å²) < 4.78 is 7.11. The lowest BCUT2D eigenvalue weighted by Gasteiger charge is -2.24. The van der Waals surface area contributed by atoms with E-state index >= 15 is 0 Å². The van der Waals surface area contributed by atoms with Crippen molar-refractivity contribution in [2.45, 2.75) is 33.7 Å². The molecule has 1 amide bonds. The molecule has 1 aliphatic heterocycles. The fraction of sp³-hybridized carbons (Fsp3) is 0.526. The lowest BCUT2D eigenvalue weighted by atomic mass is 10.1. The van der Waals surface area contributed by atoms with Crippen LogP contribution in [0.3, 0.4) is 0 Å². The van der Waals surface area contributed by atoms with Gasteiger partial charge in [-0.25, -0.2) is 4.98 Å². The minimum Gasteiger partial charge on any atom is -0.381 e. The molecule has 0 N–H and O–H groups in total. The van der Waals surface area contributed by atoms with Gasteiger partial charge in [0.15, 0.2) is 0 Å². The molecular formula is C19H25N3O3. The summed E-state index contributed by atoms with van der Waals surface area (Å²) in [5, 5.41) is 0. The molecular weight excluding hydrogens is 318 g/mol. The zero-order valence-electron chi connectivity index (χ0n) is 15.1. The number of fused-ring (bicyclic) bond motifs is 1. The molecule has 0 aliphatic carbocycles. The van der Waals surface area contributed by atoms with Gasteiger partial charge >= 0.3 is 0 Å². The zero-order chi connectivity index (χ0) is 18.0. The van der Waals surface area contributed by atoms with Gasteiger partial charge in [-0.05, 0) is 45.4 Å². The van der Waals surface area contributed by atoms with Gasteiger partial charge in [0.2, 0.25) is 0 Å². The molecule has 1 saturated heterocycles. The summed E-state index contributed by atoms with van der Waals surface area (Å²) >= 11 is 0. The van der Waals surface area contributed by atoms with Crippen molar-refractivity contribution < 1.29 is 9.53 Å². The summed E-state index contributed by atoms with van der Waals surface area (Å²) in [5.74, 6) is 0.417. The van der Waals surface area contributed by atoms with Crippen molar-refractivity contribution in [3.63, 3.8) is 0 Å². The highest BCUT2D eigenvalue weighted by molar-refractivity contribution is 5.97. The van der Waals surface area contributed by atoms with E-state index in [1.165, 1.54) is 0 Å². The van der Waals surface area contributed by atoms with Gasteiger partial charge in [-0.3, -0.25) is 9.59 Å². The minimum absolute atomic E-state index is 0.00463. The van der Waals surface area contributed by atoms with E-state index in [9.17, 15) is 9.59 Å². The lowest BCUT2D eigenvalue weighted by molar-refractivity contribution is 0.0731. The highest BCUT2D eigenvalue weighted by atomic mass is 16.5. The first-order valence-corrected chi connectivity index (χ1v) is 8.93. The number of aromatic nitrogens is 2. The largest absolute Gasteiger partial charge is 0.381 e. The Morgan fingerprint density at radius 1 is 1.40 bits per heavy atom. The maximum Gasteiger partial charge on any atom is 0.272 e. The van der Waals surface area contributed by atoms with E-state index < -0.39 is 0 Å². The second kappa shape index (κ2) is 7.35. The number of nitrogens with zero attached hydrogens (tertiary/aromatic N) is 3. The Morgan fingerprint density at radius 2 is 2.20 bits per heavy atom. The van der Waals surface area contributed by atoms with E-state index in [0.29, 0.717) is 42.3 Å². The summed E-state index contributed by atoms with van der Waals surface area (Å²) in [6.45, 7) is 9.10. The Balaban J connectivity index is 1.93. The van der Waals surface area contributed by atoms with Crippen molar-refractivity contribution >= 4 is 16.9 Å². The number of hydrogen-bond acceptors (Lipinski definition) is 4. The van der Waals surface area contributed by atoms with Crippen LogP contribution in [-0.4, -0.2) is 46.7 Å². The van der Waals surface area contributed by atoms with Crippen LogP contribution in [0.25, 0.3) is 11.0 Å². The summed E-state index contributed by atoms with van der Waals surface area (Å²) in [4.78, 5) is 31.4. The lowest BCUT2D eigenvalue weighted by Crippen LogP contribution is -2.35. The van der Waals surface area contributed by atoms with Gasteiger partial charge in [-0.2, -0.15) is 0 Å². The molecule has 1 atom stereocenters. The summed E-state index contributed by atoms with van der Waals surface area (Å²) in [6, 6.07) is 5.41. The van der Waals surface area contributed by atoms with Crippen LogP contribution >= 0.6 is 0 Å². The molecule has 1 aromatic heterocycles. The molecule has 0 saturated carbocycles. The Labute approximate surface area is 147 Å². The highest BCUT2D eigenvalue weighted by Crippen LogP contribution is 2.18. The van der Waals surface area contributed by atoms with Gasteiger partial charge in [0.05, 0.1) is 17.6 Å². The SMILES string of the molecule is CCN(C[C@@H]1CCOC1)C(=O)c1ccc2c(c1)nc(C)c(=O)n2CC. The third-order valence-corrected chi connectivity index (χ3v) is 4.84. The Kier molecular flexibility index (Phi) is 5.18. The highest BCUT2D eigenvalue weighted by Gasteiger charge is 2.22. The van der Waals surface area contributed by atoms with Gasteiger partial charge in [0.25, 0.3) is 11.5 Å². The Bertz CT molecular complexity index is 838. The first kappa shape index (κ1) is 17.6. The first-order valence-electron chi connectivity index (χ1n) is 8.93. The standard InChI is InChI=1S/C19H25N3O3/c1-4-21(11-14-8-9-25-12-14)19(24)15-6-7-17-16(10-15)20-13(3)18(23)22(17)5-2/h6-7,10,14H,4-5,8-9,11-12H2,1-3H3/t14-/m0/s1. The van der Waals surface area contributed by atoms with E-state index in [-0.39, 0.29) is 11.5 Å². The van der Waals surface area contributed by atoms with Crippen LogP contribution in [0.15, 0.2) is 23.0 Å². The molecule has 0 bridgehead atoms. The normalized spacial score (nSPS) is 17.2. The molecule has 2 heterocycles. The van der Waals surface area contributed by atoms with Crippen LogP contribution in [0.5, 0.6) is 0 Å². The second-order valence-corrected chi connectivity index (χ2v) is 6.52. The van der Waals surface area contributed by atoms with Gasteiger partial charge in [-0.1, -0.05) is 0 Å². The molecule has 1 fully saturated rings. The third kappa shape index (κ3) is 3.44. The van der Waals surface area contributed by atoms with Crippen molar-refractivity contribution in [2.24, 2.45) is 5.92 Å². The molecule has 6 nitrogen and oxygen atoms in total. The van der Waals surface area contributed by atoms with Crippen molar-refractivity contribution in [1.29, 1.82) is 0 Å². The van der Waals surface area contributed by atoms with E-state index in [0.717, 1.165) is 25.2 Å². The number of carbonyl (C=O) groups excluding carboxylic acids is 1. The van der Waals surface area contributed by atoms with Crippen LogP contribution in [0.2, 0.25) is 0 Å². The summed E-state index contributed by atoms with van der Waals surface area (Å²) in [7, 11) is 0. The number of rotatable bonds is 5. The van der Waals surface area contributed by atoms with E-state index in [2.05, 4.69) is 4.98 Å². The number of ether oxygens (including phenoxy) is 1. The number of amides is 1. The molecule has 6 heteroatoms. The van der Waals surface area contributed by atoms with Crippen LogP contribution in [0, 0.1) is 12.8 Å². The zero-order valence-corrected chi connectivity index (χ0v) is 15.1. The van der Waals surface area contributed by atoms with Crippen molar-refractivity contribution in [3.8, 4) is 0 Å². The summed E-state index contributed by atoms with van der Waals surface area (Å²) in [6.07, 6.45) is 1.00. The van der Waals surface area contributed by atoms with Crippen LogP contribution in [0.1, 0.15) is 36.3 Å². The maximum atomic E-state index is 12.9. The van der Waals surface area contributed by atoms with Gasteiger partial charge < -0.3 is 14.2 Å². The molecule has 2 aromatic rings. The molecule has 25 heavy (non-hydrogen) atoms. The molecule has 1 aromatic carbocycles. The van der Waals surface area contributed by atoms with Gasteiger partial charge in [0, 0.05) is 37.7 Å². The van der Waals surface area contributed by atoms with Crippen LogP contribution in [-0.2, 0) is 11.3 Å². The monoisotopic (exact) mass is 343 g/mol. The average Bonchev–Trinajstić information content (AvgIpc) is 3.13. The van der Waals surface area contributed by atoms with Gasteiger partial charge in [0.1, 0.15) is 5.69 Å². The average molecular weight is 343 g/mol. The van der Waals surface area contributed by atoms with E-state index in [4.69, 9.17) is 4.74 Å². The van der Waals surface area contributed by atoms with E-state index in [1.807, 2.05) is 24.8 Å². The van der Waals surface area contributed by atoms with Crippen molar-refractivity contribution in [3.05, 3.63) is 39.8 Å². The predicted molar refractivity (Wildman–Crippen MR) is 96.9 cm³/mol. The second-order valence-electron chi connectivity index (χ2n) is 6.52. The van der Waals surface area contributed by atoms with Crippen LogP contribution < -0.4 is 5.56 Å². The number of hydrogen-bond donors (Lipinski definition) is 0. The quantitative estimate of drug-likeness (QED) is 0.835. The predicted octanol–water partition coefficient (Wildman–Crippen LogP) is 2.22. The fourth-order valence-corrected chi connectivity index (χ4v) is 3.40. The smallest absolute Gasteiger partial charge is 0.272 e. The number of aryl methyl sites for hydroxylation is 2. The van der Waals surface area contributed by atoms with Crippen molar-refractivity contribution in [2.75, 3.05) is 26.3 Å². The molecule has 0 radical (unpaired) electrons. The summed E-state index contributed by atoms with van der Waals surface area (Å²) in [5.41, 5.74) is 2.44. The molecule has 1 aliphatic rings. The van der Waals surface area contributed by atoms with Crippen LogP contribution in [0.4, 0.5) is 0 Å². The molecule has 0 unspecified atom stereocenters. The van der Waals surface area contributed by atoms with E-state index in [1.54, 1.807) is 23.6 Å². The third-order valence-electron chi connectivity index (χ3n) is 4.84. The molecule has 3 rings (SSSR count). The molecule has 134 valence electrons. The first-order chi connectivity index (χ1) is 12.0. The number of carbonyl (C=O) groups is 1. The fourth-order valence-electron chi connectivity index (χ4n) is 3.40. The van der Waals surface area contributed by atoms with Crippen molar-refractivity contribution in [1.82, 2.24) is 14.5 Å². The topological polar surface area (TPSA) is 64.4 Å². The van der Waals surface area contributed by atoms with Gasteiger partial charge in [-0.15, -0.1) is 0 Å². The minimum atomic E-state index is -0.0782. The number of benzene rings is 1. The molecule has 0 spiro atoms. The maximum absolute atomic E-state index is 12.9. The Hall–Kier alpha value is -2.21. The Morgan fingerprint density at radius 3 is 2.84 bits per heavy atom.